The van der Waals surface area contributed by atoms with Crippen molar-refractivity contribution in [1.29, 1.82) is 0 Å². The first-order valence-electron chi connectivity index (χ1n) is 4.03. The quantitative estimate of drug-likeness (QED) is 0.629. The third-order valence-electron chi connectivity index (χ3n) is 1.55. The maximum absolute atomic E-state index is 4.90. The molecular formula is C8H15N3O. The molecule has 2 N–H and O–H groups in total. The average Bonchev–Trinajstić information content (AvgIpc) is 2.45. The van der Waals surface area contributed by atoms with E-state index in [1.807, 2.05) is 13.1 Å². The molecule has 0 amide bonds. The van der Waals surface area contributed by atoms with Gasteiger partial charge in [-0.15, -0.1) is 0 Å². The molecule has 0 saturated carbocycles. The summed E-state index contributed by atoms with van der Waals surface area (Å²) in [4.78, 5) is 7.23. The van der Waals surface area contributed by atoms with E-state index in [1.54, 1.807) is 7.11 Å². The number of ether oxygens (including phenoxy) is 1. The lowest BCUT2D eigenvalue weighted by Gasteiger charge is -2.00. The van der Waals surface area contributed by atoms with Gasteiger partial charge in [0.05, 0.1) is 6.61 Å². The molecule has 0 bridgehead atoms. The van der Waals surface area contributed by atoms with Gasteiger partial charge >= 0.3 is 0 Å². The molecule has 0 atom stereocenters. The first kappa shape index (κ1) is 9.22. The van der Waals surface area contributed by atoms with Crippen LogP contribution in [0.2, 0.25) is 0 Å². The highest BCUT2D eigenvalue weighted by Gasteiger charge is 1.94. The molecule has 0 radical (unpaired) electrons. The van der Waals surface area contributed by atoms with Crippen LogP contribution < -0.4 is 5.32 Å². The molecular weight excluding hydrogens is 154 g/mol. The van der Waals surface area contributed by atoms with Crippen LogP contribution in [0.4, 0.5) is 0 Å². The van der Waals surface area contributed by atoms with Crippen molar-refractivity contribution in [2.45, 2.75) is 13.5 Å². The first-order chi connectivity index (χ1) is 5.83. The topological polar surface area (TPSA) is 49.9 Å². The van der Waals surface area contributed by atoms with Crippen molar-refractivity contribution in [1.82, 2.24) is 15.3 Å². The van der Waals surface area contributed by atoms with Crippen molar-refractivity contribution < 1.29 is 4.74 Å². The number of aryl methyl sites for hydroxylation is 1. The minimum absolute atomic E-state index is 0.743. The van der Waals surface area contributed by atoms with E-state index >= 15 is 0 Å². The zero-order chi connectivity index (χ0) is 8.81. The van der Waals surface area contributed by atoms with Gasteiger partial charge in [0.15, 0.2) is 0 Å². The van der Waals surface area contributed by atoms with Gasteiger partial charge in [0, 0.05) is 32.1 Å². The van der Waals surface area contributed by atoms with E-state index in [9.17, 15) is 0 Å². The van der Waals surface area contributed by atoms with Crippen LogP contribution in [0.25, 0.3) is 0 Å². The molecule has 12 heavy (non-hydrogen) atoms. The number of aromatic amines is 1. The molecule has 0 aromatic carbocycles. The predicted octanol–water partition coefficient (Wildman–Crippen LogP) is 0.454. The van der Waals surface area contributed by atoms with E-state index in [1.165, 1.54) is 0 Å². The number of imidazole rings is 1. The molecule has 0 fully saturated rings. The molecule has 0 aliphatic carbocycles. The second-order valence-corrected chi connectivity index (χ2v) is 2.66. The number of rotatable bonds is 5. The summed E-state index contributed by atoms with van der Waals surface area (Å²) in [5.41, 5.74) is 1.11. The summed E-state index contributed by atoms with van der Waals surface area (Å²) in [5, 5.41) is 3.22. The van der Waals surface area contributed by atoms with Crippen LogP contribution in [0, 0.1) is 6.92 Å². The first-order valence-corrected chi connectivity index (χ1v) is 4.03. The number of aromatic nitrogens is 2. The Hall–Kier alpha value is -0.870. The van der Waals surface area contributed by atoms with Gasteiger partial charge in [-0.25, -0.2) is 4.98 Å². The van der Waals surface area contributed by atoms with Gasteiger partial charge < -0.3 is 15.0 Å². The number of H-pyrrole nitrogens is 1. The Morgan fingerprint density at radius 1 is 1.67 bits per heavy atom. The maximum atomic E-state index is 4.90. The monoisotopic (exact) mass is 169 g/mol. The minimum Gasteiger partial charge on any atom is -0.383 e. The Labute approximate surface area is 72.3 Å². The molecule has 0 aliphatic rings. The van der Waals surface area contributed by atoms with Crippen LogP contribution >= 0.6 is 0 Å². The highest BCUT2D eigenvalue weighted by molar-refractivity contribution is 4.98. The molecule has 1 heterocycles. The molecule has 1 rings (SSSR count). The van der Waals surface area contributed by atoms with Crippen LogP contribution in [0.3, 0.4) is 0 Å². The summed E-state index contributed by atoms with van der Waals surface area (Å²) in [6, 6.07) is 0. The van der Waals surface area contributed by atoms with E-state index < -0.39 is 0 Å². The molecule has 1 aromatic heterocycles. The van der Waals surface area contributed by atoms with Crippen molar-refractivity contribution >= 4 is 0 Å². The number of nitrogens with zero attached hydrogens (tertiary/aromatic N) is 1. The third-order valence-corrected chi connectivity index (χ3v) is 1.55. The summed E-state index contributed by atoms with van der Waals surface area (Å²) in [7, 11) is 1.70. The standard InChI is InChI=1S/C8H15N3O/c1-7-10-6-8(11-7)5-9-3-4-12-2/h6,9H,3-5H2,1-2H3,(H,10,11). The highest BCUT2D eigenvalue weighted by Crippen LogP contribution is 1.93. The molecule has 4 heteroatoms. The lowest BCUT2D eigenvalue weighted by atomic mass is 10.4. The van der Waals surface area contributed by atoms with Crippen molar-refractivity contribution in [2.75, 3.05) is 20.3 Å². The third kappa shape index (κ3) is 3.02. The second kappa shape index (κ2) is 4.90. The fourth-order valence-corrected chi connectivity index (χ4v) is 0.959. The smallest absolute Gasteiger partial charge is 0.103 e. The summed E-state index contributed by atoms with van der Waals surface area (Å²) >= 11 is 0. The molecule has 0 saturated heterocycles. The number of hydrogen-bond donors (Lipinski definition) is 2. The van der Waals surface area contributed by atoms with E-state index in [0.717, 1.165) is 31.2 Å². The summed E-state index contributed by atoms with van der Waals surface area (Å²) in [6.07, 6.45) is 1.84. The van der Waals surface area contributed by atoms with Crippen molar-refractivity contribution in [2.24, 2.45) is 0 Å². The minimum atomic E-state index is 0.743. The SMILES string of the molecule is COCCNCc1cnc(C)[nH]1. The van der Waals surface area contributed by atoms with Gasteiger partial charge in [0.25, 0.3) is 0 Å². The fraction of sp³-hybridized carbons (Fsp3) is 0.625. The number of methoxy groups -OCH3 is 1. The van der Waals surface area contributed by atoms with E-state index in [-0.39, 0.29) is 0 Å². The molecule has 68 valence electrons. The zero-order valence-electron chi connectivity index (χ0n) is 7.55. The van der Waals surface area contributed by atoms with Gasteiger partial charge in [-0.2, -0.15) is 0 Å². The lowest BCUT2D eigenvalue weighted by molar-refractivity contribution is 0.199. The van der Waals surface area contributed by atoms with Crippen LogP contribution in [-0.2, 0) is 11.3 Å². The normalized spacial score (nSPS) is 10.5. The van der Waals surface area contributed by atoms with Gasteiger partial charge in [-0.1, -0.05) is 0 Å². The Morgan fingerprint density at radius 3 is 3.08 bits per heavy atom. The largest absolute Gasteiger partial charge is 0.383 e. The Balaban J connectivity index is 2.15. The number of nitrogens with one attached hydrogen (secondary N) is 2. The van der Waals surface area contributed by atoms with Crippen molar-refractivity contribution in [3.63, 3.8) is 0 Å². The van der Waals surface area contributed by atoms with E-state index in [0.29, 0.717) is 0 Å². The highest BCUT2D eigenvalue weighted by atomic mass is 16.5. The molecule has 0 unspecified atom stereocenters. The molecule has 0 spiro atoms. The van der Waals surface area contributed by atoms with E-state index in [2.05, 4.69) is 15.3 Å². The summed E-state index contributed by atoms with van der Waals surface area (Å²) in [5.74, 6) is 0.957. The van der Waals surface area contributed by atoms with Gasteiger partial charge in [-0.05, 0) is 6.92 Å². The Morgan fingerprint density at radius 2 is 2.50 bits per heavy atom. The summed E-state index contributed by atoms with van der Waals surface area (Å²) in [6.45, 7) is 4.38. The fourth-order valence-electron chi connectivity index (χ4n) is 0.959. The molecule has 0 aliphatic heterocycles. The zero-order valence-corrected chi connectivity index (χ0v) is 7.55. The van der Waals surface area contributed by atoms with Crippen LogP contribution in [0.1, 0.15) is 11.5 Å². The van der Waals surface area contributed by atoms with Crippen LogP contribution in [0.5, 0.6) is 0 Å². The van der Waals surface area contributed by atoms with Crippen LogP contribution in [-0.4, -0.2) is 30.2 Å². The predicted molar refractivity (Wildman–Crippen MR) is 46.9 cm³/mol. The lowest BCUT2D eigenvalue weighted by Crippen LogP contribution is -2.18. The van der Waals surface area contributed by atoms with E-state index in [4.69, 9.17) is 4.74 Å². The van der Waals surface area contributed by atoms with Gasteiger partial charge in [0.1, 0.15) is 5.82 Å². The van der Waals surface area contributed by atoms with Gasteiger partial charge in [0.2, 0.25) is 0 Å². The number of hydrogen-bond acceptors (Lipinski definition) is 3. The molecule has 4 nitrogen and oxygen atoms in total. The second-order valence-electron chi connectivity index (χ2n) is 2.66. The van der Waals surface area contributed by atoms with Crippen molar-refractivity contribution in [3.05, 3.63) is 17.7 Å². The van der Waals surface area contributed by atoms with Gasteiger partial charge in [-0.3, -0.25) is 0 Å². The van der Waals surface area contributed by atoms with Crippen molar-refractivity contribution in [3.8, 4) is 0 Å². The Kier molecular flexibility index (Phi) is 3.76. The maximum Gasteiger partial charge on any atom is 0.103 e. The Bertz CT molecular complexity index is 222. The van der Waals surface area contributed by atoms with Crippen LogP contribution in [0.15, 0.2) is 6.20 Å². The summed E-state index contributed by atoms with van der Waals surface area (Å²) < 4.78 is 4.90. The molecule has 1 aromatic rings. The average molecular weight is 169 g/mol.